The SMILES string of the molecule is CC(=O)c1ccc(N2CCN(C)c3ccccc32)cc1. The van der Waals surface area contributed by atoms with Gasteiger partial charge < -0.3 is 9.80 Å². The van der Waals surface area contributed by atoms with Crippen molar-refractivity contribution in [2.45, 2.75) is 6.92 Å². The van der Waals surface area contributed by atoms with Gasteiger partial charge in [-0.15, -0.1) is 0 Å². The number of carbonyl (C=O) groups excluding carboxylic acids is 1. The number of hydrogen-bond acceptors (Lipinski definition) is 3. The number of fused-ring (bicyclic) bond motifs is 1. The molecule has 2 aromatic rings. The number of ketones is 1. The summed E-state index contributed by atoms with van der Waals surface area (Å²) in [5.41, 5.74) is 4.36. The molecule has 0 N–H and O–H groups in total. The maximum absolute atomic E-state index is 11.4. The van der Waals surface area contributed by atoms with Crippen molar-refractivity contribution in [1.82, 2.24) is 0 Å². The van der Waals surface area contributed by atoms with E-state index in [1.165, 1.54) is 11.4 Å². The number of anilines is 3. The molecule has 3 nitrogen and oxygen atoms in total. The fourth-order valence-corrected chi connectivity index (χ4v) is 2.65. The van der Waals surface area contributed by atoms with Crippen LogP contribution in [0.4, 0.5) is 17.1 Å². The summed E-state index contributed by atoms with van der Waals surface area (Å²) < 4.78 is 0. The molecule has 20 heavy (non-hydrogen) atoms. The molecular weight excluding hydrogens is 248 g/mol. The Balaban J connectivity index is 1.99. The number of likely N-dealkylation sites (N-methyl/N-ethyl adjacent to an activating group) is 1. The quantitative estimate of drug-likeness (QED) is 0.778. The van der Waals surface area contributed by atoms with Gasteiger partial charge in [0.1, 0.15) is 0 Å². The summed E-state index contributed by atoms with van der Waals surface area (Å²) in [7, 11) is 2.12. The van der Waals surface area contributed by atoms with E-state index >= 15 is 0 Å². The number of benzene rings is 2. The van der Waals surface area contributed by atoms with Crippen LogP contribution in [-0.4, -0.2) is 25.9 Å². The van der Waals surface area contributed by atoms with Crippen molar-refractivity contribution in [3.8, 4) is 0 Å². The summed E-state index contributed by atoms with van der Waals surface area (Å²) in [4.78, 5) is 15.9. The minimum Gasteiger partial charge on any atom is -0.371 e. The van der Waals surface area contributed by atoms with Gasteiger partial charge >= 0.3 is 0 Å². The second-order valence-corrected chi connectivity index (χ2v) is 5.16. The Kier molecular flexibility index (Phi) is 3.18. The average molecular weight is 266 g/mol. The number of Topliss-reactive ketones (excluding diaryl/α,β-unsaturated/α-hetero) is 1. The summed E-state index contributed by atoms with van der Waals surface area (Å²) in [6.07, 6.45) is 0. The van der Waals surface area contributed by atoms with Crippen molar-refractivity contribution in [2.24, 2.45) is 0 Å². The number of rotatable bonds is 2. The molecule has 0 unspecified atom stereocenters. The number of para-hydroxylation sites is 2. The van der Waals surface area contributed by atoms with Crippen molar-refractivity contribution in [3.63, 3.8) is 0 Å². The zero-order chi connectivity index (χ0) is 14.1. The van der Waals surface area contributed by atoms with Crippen LogP contribution in [0.15, 0.2) is 48.5 Å². The molecule has 0 saturated carbocycles. The Labute approximate surface area is 119 Å². The number of nitrogens with zero attached hydrogens (tertiary/aromatic N) is 2. The molecule has 0 spiro atoms. The summed E-state index contributed by atoms with van der Waals surface area (Å²) in [6, 6.07) is 16.3. The van der Waals surface area contributed by atoms with E-state index in [0.29, 0.717) is 0 Å². The highest BCUT2D eigenvalue weighted by Gasteiger charge is 2.20. The van der Waals surface area contributed by atoms with Crippen molar-refractivity contribution in [2.75, 3.05) is 29.9 Å². The number of carbonyl (C=O) groups is 1. The Morgan fingerprint density at radius 2 is 1.60 bits per heavy atom. The highest BCUT2D eigenvalue weighted by Crippen LogP contribution is 2.36. The maximum Gasteiger partial charge on any atom is 0.159 e. The molecule has 3 rings (SSSR count). The van der Waals surface area contributed by atoms with Gasteiger partial charge in [0.15, 0.2) is 5.78 Å². The van der Waals surface area contributed by atoms with Crippen molar-refractivity contribution >= 4 is 22.8 Å². The normalized spacial score (nSPS) is 14.1. The molecular formula is C17H18N2O. The van der Waals surface area contributed by atoms with Crippen LogP contribution in [0.2, 0.25) is 0 Å². The summed E-state index contributed by atoms with van der Waals surface area (Å²) in [6.45, 7) is 3.54. The van der Waals surface area contributed by atoms with Gasteiger partial charge in [-0.25, -0.2) is 0 Å². The molecule has 0 bridgehead atoms. The Hall–Kier alpha value is -2.29. The van der Waals surface area contributed by atoms with Crippen LogP contribution in [-0.2, 0) is 0 Å². The molecule has 1 heterocycles. The topological polar surface area (TPSA) is 23.6 Å². The molecule has 2 aromatic carbocycles. The molecule has 102 valence electrons. The van der Waals surface area contributed by atoms with E-state index in [4.69, 9.17) is 0 Å². The van der Waals surface area contributed by atoms with E-state index in [9.17, 15) is 4.79 Å². The lowest BCUT2D eigenvalue weighted by molar-refractivity contribution is 0.101. The minimum atomic E-state index is 0.107. The largest absolute Gasteiger partial charge is 0.371 e. The minimum absolute atomic E-state index is 0.107. The van der Waals surface area contributed by atoms with Gasteiger partial charge in [0.25, 0.3) is 0 Å². The van der Waals surface area contributed by atoms with Gasteiger partial charge in [0.05, 0.1) is 11.4 Å². The Morgan fingerprint density at radius 1 is 0.950 bits per heavy atom. The van der Waals surface area contributed by atoms with Gasteiger partial charge in [-0.1, -0.05) is 12.1 Å². The van der Waals surface area contributed by atoms with Crippen LogP contribution in [0.1, 0.15) is 17.3 Å². The van der Waals surface area contributed by atoms with Crippen molar-refractivity contribution in [1.29, 1.82) is 0 Å². The Bertz CT molecular complexity index is 634. The molecule has 0 radical (unpaired) electrons. The highest BCUT2D eigenvalue weighted by molar-refractivity contribution is 5.94. The molecule has 0 atom stereocenters. The first-order chi connectivity index (χ1) is 9.66. The third-order valence-electron chi connectivity index (χ3n) is 3.83. The standard InChI is InChI=1S/C17H18N2O/c1-13(20)14-7-9-15(10-8-14)19-12-11-18(2)16-5-3-4-6-17(16)19/h3-10H,11-12H2,1-2H3. The second-order valence-electron chi connectivity index (χ2n) is 5.16. The predicted octanol–water partition coefficient (Wildman–Crippen LogP) is 3.48. The lowest BCUT2D eigenvalue weighted by Crippen LogP contribution is -2.36. The van der Waals surface area contributed by atoms with Crippen LogP contribution in [0.25, 0.3) is 0 Å². The first kappa shape index (κ1) is 12.7. The first-order valence-electron chi connectivity index (χ1n) is 6.85. The summed E-state index contributed by atoms with van der Waals surface area (Å²) >= 11 is 0. The maximum atomic E-state index is 11.4. The monoisotopic (exact) mass is 266 g/mol. The average Bonchev–Trinajstić information content (AvgIpc) is 2.48. The van der Waals surface area contributed by atoms with Crippen molar-refractivity contribution < 1.29 is 4.79 Å². The van der Waals surface area contributed by atoms with Crippen molar-refractivity contribution in [3.05, 3.63) is 54.1 Å². The number of hydrogen-bond donors (Lipinski definition) is 0. The predicted molar refractivity (Wildman–Crippen MR) is 83.2 cm³/mol. The molecule has 0 aromatic heterocycles. The molecule has 1 aliphatic heterocycles. The summed E-state index contributed by atoms with van der Waals surface area (Å²) in [5, 5.41) is 0. The first-order valence-corrected chi connectivity index (χ1v) is 6.85. The van der Waals surface area contributed by atoms with Gasteiger partial charge in [-0.05, 0) is 43.3 Å². The van der Waals surface area contributed by atoms with Gasteiger partial charge in [0.2, 0.25) is 0 Å². The Morgan fingerprint density at radius 3 is 2.25 bits per heavy atom. The molecule has 0 amide bonds. The smallest absolute Gasteiger partial charge is 0.159 e. The van der Waals surface area contributed by atoms with Crippen LogP contribution >= 0.6 is 0 Å². The molecule has 0 aliphatic carbocycles. The van der Waals surface area contributed by atoms with E-state index < -0.39 is 0 Å². The van der Waals surface area contributed by atoms with Gasteiger partial charge in [0, 0.05) is 31.4 Å². The van der Waals surface area contributed by atoms with Crippen LogP contribution in [0.5, 0.6) is 0 Å². The summed E-state index contributed by atoms with van der Waals surface area (Å²) in [5.74, 6) is 0.107. The zero-order valence-corrected chi connectivity index (χ0v) is 11.8. The third-order valence-corrected chi connectivity index (χ3v) is 3.83. The van der Waals surface area contributed by atoms with E-state index in [2.05, 4.69) is 41.1 Å². The molecule has 0 saturated heterocycles. The van der Waals surface area contributed by atoms with Gasteiger partial charge in [-0.3, -0.25) is 4.79 Å². The zero-order valence-electron chi connectivity index (χ0n) is 11.8. The molecule has 1 aliphatic rings. The fourth-order valence-electron chi connectivity index (χ4n) is 2.65. The van der Waals surface area contributed by atoms with Gasteiger partial charge in [-0.2, -0.15) is 0 Å². The lowest BCUT2D eigenvalue weighted by atomic mass is 10.1. The highest BCUT2D eigenvalue weighted by atomic mass is 16.1. The molecule has 0 fully saturated rings. The fraction of sp³-hybridized carbons (Fsp3) is 0.235. The molecule has 3 heteroatoms. The van der Waals surface area contributed by atoms with E-state index in [1.807, 2.05) is 24.3 Å². The van der Waals surface area contributed by atoms with E-state index in [1.54, 1.807) is 6.92 Å². The van der Waals surface area contributed by atoms with Crippen LogP contribution in [0, 0.1) is 0 Å². The second kappa shape index (κ2) is 5.00. The third kappa shape index (κ3) is 2.16. The van der Waals surface area contributed by atoms with E-state index in [0.717, 1.165) is 24.3 Å². The van der Waals surface area contributed by atoms with Crippen LogP contribution in [0.3, 0.4) is 0 Å². The lowest BCUT2D eigenvalue weighted by Gasteiger charge is -2.37. The van der Waals surface area contributed by atoms with E-state index in [-0.39, 0.29) is 5.78 Å². The van der Waals surface area contributed by atoms with Crippen LogP contribution < -0.4 is 9.80 Å².